The van der Waals surface area contributed by atoms with Crippen LogP contribution in [0.3, 0.4) is 0 Å². The van der Waals surface area contributed by atoms with E-state index in [0.717, 1.165) is 6.20 Å². The lowest BCUT2D eigenvalue weighted by Crippen LogP contribution is -1.94. The zero-order chi connectivity index (χ0) is 7.40. The van der Waals surface area contributed by atoms with Crippen molar-refractivity contribution in [1.29, 1.82) is 0 Å². The van der Waals surface area contributed by atoms with Gasteiger partial charge >= 0.3 is 0 Å². The molecule has 0 unspecified atom stereocenters. The van der Waals surface area contributed by atoms with Crippen LogP contribution in [0.5, 0.6) is 0 Å². The molecule has 0 amide bonds. The van der Waals surface area contributed by atoms with Gasteiger partial charge in [-0.1, -0.05) is 6.58 Å². The van der Waals surface area contributed by atoms with E-state index in [2.05, 4.69) is 21.9 Å². The minimum Gasteiger partial charge on any atom is -0.345 e. The maximum absolute atomic E-state index is 12.5. The van der Waals surface area contributed by atoms with Crippen molar-refractivity contribution in [2.45, 2.75) is 0 Å². The normalized spacial score (nSPS) is 8.90. The van der Waals surface area contributed by atoms with E-state index in [1.165, 1.54) is 12.5 Å². The van der Waals surface area contributed by atoms with Gasteiger partial charge in [0.25, 0.3) is 0 Å². The summed E-state index contributed by atoms with van der Waals surface area (Å²) in [6.07, 6.45) is 3.69. The highest BCUT2D eigenvalue weighted by molar-refractivity contribution is 5.36. The number of hydrogen-bond acceptors (Lipinski definition) is 3. The van der Waals surface area contributed by atoms with Gasteiger partial charge in [0.05, 0.1) is 6.20 Å². The van der Waals surface area contributed by atoms with E-state index in [1.54, 1.807) is 0 Å². The number of hydrogen-bond donors (Lipinski definition) is 1. The SMILES string of the molecule is C=CNc1ncncc1F. The third kappa shape index (κ3) is 1.28. The van der Waals surface area contributed by atoms with Crippen LogP contribution >= 0.6 is 0 Å². The third-order valence-electron chi connectivity index (χ3n) is 0.906. The highest BCUT2D eigenvalue weighted by atomic mass is 19.1. The molecular weight excluding hydrogens is 133 g/mol. The Bertz CT molecular complexity index is 236. The van der Waals surface area contributed by atoms with E-state index in [-0.39, 0.29) is 5.82 Å². The van der Waals surface area contributed by atoms with Crippen molar-refractivity contribution < 1.29 is 4.39 Å². The van der Waals surface area contributed by atoms with Gasteiger partial charge in [0, 0.05) is 0 Å². The molecule has 0 saturated carbocycles. The number of halogens is 1. The van der Waals surface area contributed by atoms with Crippen molar-refractivity contribution in [3.63, 3.8) is 0 Å². The molecular formula is C6H6FN3. The lowest BCUT2D eigenvalue weighted by Gasteiger charge is -1.97. The average Bonchev–Trinajstić information content (AvgIpc) is 1.94. The molecule has 52 valence electrons. The van der Waals surface area contributed by atoms with Gasteiger partial charge in [-0.05, 0) is 6.20 Å². The predicted molar refractivity (Wildman–Crippen MR) is 35.8 cm³/mol. The van der Waals surface area contributed by atoms with Crippen molar-refractivity contribution >= 4 is 5.82 Å². The first-order chi connectivity index (χ1) is 4.84. The Morgan fingerprint density at radius 1 is 1.70 bits per heavy atom. The number of rotatable bonds is 2. The maximum Gasteiger partial charge on any atom is 0.184 e. The second-order valence-electron chi connectivity index (χ2n) is 1.57. The molecule has 1 N–H and O–H groups in total. The van der Waals surface area contributed by atoms with Gasteiger partial charge in [-0.3, -0.25) is 0 Å². The van der Waals surface area contributed by atoms with E-state index in [0.29, 0.717) is 0 Å². The van der Waals surface area contributed by atoms with Gasteiger partial charge in [0.2, 0.25) is 0 Å². The Morgan fingerprint density at radius 3 is 3.10 bits per heavy atom. The summed E-state index contributed by atoms with van der Waals surface area (Å²) in [6.45, 7) is 3.36. The van der Waals surface area contributed by atoms with Gasteiger partial charge in [-0.15, -0.1) is 0 Å². The first-order valence-corrected chi connectivity index (χ1v) is 2.67. The number of aromatic nitrogens is 2. The van der Waals surface area contributed by atoms with E-state index >= 15 is 0 Å². The molecule has 0 atom stereocenters. The number of anilines is 1. The highest BCUT2D eigenvalue weighted by Crippen LogP contribution is 2.05. The van der Waals surface area contributed by atoms with Crippen LogP contribution in [0.15, 0.2) is 25.3 Å². The van der Waals surface area contributed by atoms with Gasteiger partial charge in [0.15, 0.2) is 11.6 Å². The van der Waals surface area contributed by atoms with Crippen molar-refractivity contribution in [1.82, 2.24) is 9.97 Å². The van der Waals surface area contributed by atoms with Crippen LogP contribution in [0.1, 0.15) is 0 Å². The Labute approximate surface area is 57.6 Å². The number of nitrogens with one attached hydrogen (secondary N) is 1. The molecule has 0 spiro atoms. The molecule has 0 aliphatic heterocycles. The molecule has 0 aromatic carbocycles. The summed E-state index contributed by atoms with van der Waals surface area (Å²) in [5.74, 6) is -0.340. The molecule has 10 heavy (non-hydrogen) atoms. The van der Waals surface area contributed by atoms with Crippen molar-refractivity contribution in [3.05, 3.63) is 31.1 Å². The first-order valence-electron chi connectivity index (χ1n) is 2.67. The molecule has 0 bridgehead atoms. The van der Waals surface area contributed by atoms with Gasteiger partial charge in [0.1, 0.15) is 6.33 Å². The smallest absolute Gasteiger partial charge is 0.184 e. The molecule has 4 heteroatoms. The summed E-state index contributed by atoms with van der Waals surface area (Å²) in [6, 6.07) is 0. The zero-order valence-electron chi connectivity index (χ0n) is 5.21. The summed E-state index contributed by atoms with van der Waals surface area (Å²) in [5, 5.41) is 2.51. The Kier molecular flexibility index (Phi) is 1.94. The molecule has 3 nitrogen and oxygen atoms in total. The summed E-state index contributed by atoms with van der Waals surface area (Å²) >= 11 is 0. The molecule has 0 radical (unpaired) electrons. The van der Waals surface area contributed by atoms with Crippen LogP contribution in [0.25, 0.3) is 0 Å². The third-order valence-corrected chi connectivity index (χ3v) is 0.906. The lowest BCUT2D eigenvalue weighted by atomic mass is 10.5. The molecule has 1 rings (SSSR count). The first kappa shape index (κ1) is 6.67. The van der Waals surface area contributed by atoms with Crippen molar-refractivity contribution in [2.24, 2.45) is 0 Å². The minimum absolute atomic E-state index is 0.144. The monoisotopic (exact) mass is 139 g/mol. The largest absolute Gasteiger partial charge is 0.345 e. The van der Waals surface area contributed by atoms with Gasteiger partial charge < -0.3 is 5.32 Å². The average molecular weight is 139 g/mol. The molecule has 0 saturated heterocycles. The van der Waals surface area contributed by atoms with Crippen LogP contribution < -0.4 is 5.32 Å². The van der Waals surface area contributed by atoms with Gasteiger partial charge in [-0.25, -0.2) is 14.4 Å². The predicted octanol–water partition coefficient (Wildman–Crippen LogP) is 1.17. The number of nitrogens with zero attached hydrogens (tertiary/aromatic N) is 2. The standard InChI is InChI=1S/C6H6FN3/c1-2-9-6-5(7)3-8-4-10-6/h2-4H,1H2,(H,8,9,10). The summed E-state index contributed by atoms with van der Waals surface area (Å²) in [5.41, 5.74) is 0. The Morgan fingerprint density at radius 2 is 2.50 bits per heavy atom. The van der Waals surface area contributed by atoms with Crippen molar-refractivity contribution in [3.8, 4) is 0 Å². The maximum atomic E-state index is 12.5. The van der Waals surface area contributed by atoms with E-state index < -0.39 is 5.82 Å². The van der Waals surface area contributed by atoms with E-state index in [1.807, 2.05) is 0 Å². The Hall–Kier alpha value is -1.45. The second kappa shape index (κ2) is 2.91. The molecule has 1 aromatic heterocycles. The van der Waals surface area contributed by atoms with Crippen LogP contribution in [0.4, 0.5) is 10.2 Å². The topological polar surface area (TPSA) is 37.8 Å². The molecule has 1 heterocycles. The molecule has 1 aromatic rings. The minimum atomic E-state index is -0.484. The van der Waals surface area contributed by atoms with Gasteiger partial charge in [-0.2, -0.15) is 0 Å². The fourth-order valence-corrected chi connectivity index (χ4v) is 0.516. The van der Waals surface area contributed by atoms with Crippen LogP contribution in [-0.4, -0.2) is 9.97 Å². The fraction of sp³-hybridized carbons (Fsp3) is 0. The van der Waals surface area contributed by atoms with E-state index in [9.17, 15) is 4.39 Å². The highest BCUT2D eigenvalue weighted by Gasteiger charge is 1.97. The summed E-state index contributed by atoms with van der Waals surface area (Å²) < 4.78 is 12.5. The molecule has 0 aliphatic carbocycles. The van der Waals surface area contributed by atoms with Crippen LogP contribution in [0.2, 0.25) is 0 Å². The fourth-order valence-electron chi connectivity index (χ4n) is 0.516. The van der Waals surface area contributed by atoms with Crippen molar-refractivity contribution in [2.75, 3.05) is 5.32 Å². The quantitative estimate of drug-likeness (QED) is 0.668. The second-order valence-corrected chi connectivity index (χ2v) is 1.57. The van der Waals surface area contributed by atoms with E-state index in [4.69, 9.17) is 0 Å². The zero-order valence-corrected chi connectivity index (χ0v) is 5.21. The summed E-state index contributed by atoms with van der Waals surface area (Å²) in [7, 11) is 0. The summed E-state index contributed by atoms with van der Waals surface area (Å²) in [4.78, 5) is 7.07. The molecule has 0 fully saturated rings. The lowest BCUT2D eigenvalue weighted by molar-refractivity contribution is 0.618. The Balaban J connectivity index is 2.91. The molecule has 0 aliphatic rings. The van der Waals surface area contributed by atoms with Crippen LogP contribution in [0, 0.1) is 5.82 Å². The van der Waals surface area contributed by atoms with Crippen LogP contribution in [-0.2, 0) is 0 Å².